The minimum atomic E-state index is -0.862. The second-order valence-corrected chi connectivity index (χ2v) is 4.53. The smallest absolute Gasteiger partial charge is 0.140 e. The highest BCUT2D eigenvalue weighted by Crippen LogP contribution is 2.17. The summed E-state index contributed by atoms with van der Waals surface area (Å²) in [4.78, 5) is 5.98. The van der Waals surface area contributed by atoms with Gasteiger partial charge < -0.3 is 5.11 Å². The van der Waals surface area contributed by atoms with E-state index in [1.807, 2.05) is 19.0 Å². The van der Waals surface area contributed by atoms with Gasteiger partial charge in [-0.1, -0.05) is 18.2 Å². The molecule has 0 aliphatic carbocycles. The van der Waals surface area contributed by atoms with Crippen molar-refractivity contribution in [2.24, 2.45) is 7.05 Å². The van der Waals surface area contributed by atoms with Crippen LogP contribution in [0.4, 0.5) is 4.39 Å². The zero-order chi connectivity index (χ0) is 13.8. The zero-order valence-electron chi connectivity index (χ0n) is 11.0. The van der Waals surface area contributed by atoms with E-state index in [4.69, 9.17) is 0 Å². The molecule has 2 rings (SSSR count). The van der Waals surface area contributed by atoms with Gasteiger partial charge in [-0.15, -0.1) is 0 Å². The van der Waals surface area contributed by atoms with Crippen molar-refractivity contribution in [2.45, 2.75) is 12.6 Å². The van der Waals surface area contributed by atoms with Crippen molar-refractivity contribution in [3.8, 4) is 0 Å². The van der Waals surface area contributed by atoms with E-state index in [2.05, 4.69) is 10.1 Å². The van der Waals surface area contributed by atoms with Crippen LogP contribution in [0, 0.1) is 5.82 Å². The maximum absolute atomic E-state index is 13.5. The lowest BCUT2D eigenvalue weighted by atomic mass is 10.1. The monoisotopic (exact) mass is 264 g/mol. The summed E-state index contributed by atoms with van der Waals surface area (Å²) in [5.41, 5.74) is 0.312. The van der Waals surface area contributed by atoms with Crippen molar-refractivity contribution in [1.29, 1.82) is 0 Å². The Labute approximate surface area is 111 Å². The van der Waals surface area contributed by atoms with Gasteiger partial charge in [-0.25, -0.2) is 9.37 Å². The van der Waals surface area contributed by atoms with Crippen LogP contribution in [0.3, 0.4) is 0 Å². The number of nitrogens with zero attached hydrogens (tertiary/aromatic N) is 4. The van der Waals surface area contributed by atoms with E-state index < -0.39 is 6.10 Å². The molecule has 5 nitrogen and oxygen atoms in total. The van der Waals surface area contributed by atoms with Gasteiger partial charge in [0.25, 0.3) is 0 Å². The normalized spacial score (nSPS) is 12.9. The van der Waals surface area contributed by atoms with Gasteiger partial charge in [-0.2, -0.15) is 5.10 Å². The molecule has 6 heteroatoms. The molecular weight excluding hydrogens is 247 g/mol. The Morgan fingerprint density at radius 1 is 1.42 bits per heavy atom. The molecule has 0 bridgehead atoms. The Morgan fingerprint density at radius 2 is 2.16 bits per heavy atom. The van der Waals surface area contributed by atoms with Crippen molar-refractivity contribution in [3.05, 3.63) is 47.8 Å². The molecule has 0 aliphatic rings. The Bertz CT molecular complexity index is 543. The lowest BCUT2D eigenvalue weighted by molar-refractivity contribution is 0.118. The van der Waals surface area contributed by atoms with Gasteiger partial charge in [-0.3, -0.25) is 9.58 Å². The largest absolute Gasteiger partial charge is 0.387 e. The Morgan fingerprint density at radius 3 is 2.79 bits per heavy atom. The number of halogens is 1. The molecule has 1 unspecified atom stereocenters. The van der Waals surface area contributed by atoms with Crippen LogP contribution in [0.25, 0.3) is 0 Å². The molecule has 1 heterocycles. The third-order valence-electron chi connectivity index (χ3n) is 2.97. The molecule has 1 atom stereocenters. The first-order chi connectivity index (χ1) is 9.08. The fourth-order valence-electron chi connectivity index (χ4n) is 1.91. The molecule has 2 aromatic rings. The summed E-state index contributed by atoms with van der Waals surface area (Å²) in [6.07, 6.45) is 0.621. The first-order valence-electron chi connectivity index (χ1n) is 6.02. The highest BCUT2D eigenvalue weighted by molar-refractivity contribution is 5.20. The summed E-state index contributed by atoms with van der Waals surface area (Å²) in [5.74, 6) is 0.408. The van der Waals surface area contributed by atoms with Crippen molar-refractivity contribution >= 4 is 0 Å². The van der Waals surface area contributed by atoms with Crippen LogP contribution in [0.15, 0.2) is 30.6 Å². The molecule has 0 aliphatic heterocycles. The molecule has 1 aromatic carbocycles. The molecule has 0 amide bonds. The zero-order valence-corrected chi connectivity index (χ0v) is 11.0. The van der Waals surface area contributed by atoms with Crippen LogP contribution in [0.5, 0.6) is 0 Å². The summed E-state index contributed by atoms with van der Waals surface area (Å²) in [7, 11) is 3.65. The van der Waals surface area contributed by atoms with Gasteiger partial charge >= 0.3 is 0 Å². The standard InChI is InChI=1S/C13H17FN4O/c1-17(8-13-15-9-16-18(13)2)7-12(19)10-5-3-4-6-11(10)14/h3-6,9,12,19H,7-8H2,1-2H3. The minimum absolute atomic E-state index is 0.312. The van der Waals surface area contributed by atoms with Gasteiger partial charge in [0.05, 0.1) is 12.6 Å². The number of hydrogen-bond donors (Lipinski definition) is 1. The van der Waals surface area contributed by atoms with Crippen LogP contribution in [-0.2, 0) is 13.6 Å². The lowest BCUT2D eigenvalue weighted by Crippen LogP contribution is -2.26. The second kappa shape index (κ2) is 5.90. The molecule has 0 saturated carbocycles. The molecule has 0 fully saturated rings. The van der Waals surface area contributed by atoms with Crippen LogP contribution in [-0.4, -0.2) is 38.4 Å². The van der Waals surface area contributed by atoms with E-state index in [0.717, 1.165) is 5.82 Å². The molecule has 0 radical (unpaired) electrons. The van der Waals surface area contributed by atoms with Gasteiger partial charge in [-0.05, 0) is 13.1 Å². The topological polar surface area (TPSA) is 54.2 Å². The molecule has 102 valence electrons. The van der Waals surface area contributed by atoms with Crippen LogP contribution in [0.2, 0.25) is 0 Å². The maximum Gasteiger partial charge on any atom is 0.140 e. The number of aryl methyl sites for hydroxylation is 1. The molecule has 1 aromatic heterocycles. The number of aliphatic hydroxyl groups excluding tert-OH is 1. The second-order valence-electron chi connectivity index (χ2n) is 4.53. The highest BCUT2D eigenvalue weighted by atomic mass is 19.1. The SMILES string of the molecule is CN(Cc1ncnn1C)CC(O)c1ccccc1F. The summed E-state index contributed by atoms with van der Waals surface area (Å²) >= 11 is 0. The summed E-state index contributed by atoms with van der Waals surface area (Å²) in [6.45, 7) is 0.871. The van der Waals surface area contributed by atoms with Crippen LogP contribution >= 0.6 is 0 Å². The number of aromatic nitrogens is 3. The molecular formula is C13H17FN4O. The highest BCUT2D eigenvalue weighted by Gasteiger charge is 2.15. The van der Waals surface area contributed by atoms with Crippen molar-refractivity contribution in [1.82, 2.24) is 19.7 Å². The lowest BCUT2D eigenvalue weighted by Gasteiger charge is -2.20. The predicted octanol–water partition coefficient (Wildman–Crippen LogP) is 1.12. The van der Waals surface area contributed by atoms with Gasteiger partial charge in [0.1, 0.15) is 18.0 Å². The Hall–Kier alpha value is -1.79. The summed E-state index contributed by atoms with van der Waals surface area (Å²) in [5, 5.41) is 14.0. The fraction of sp³-hybridized carbons (Fsp3) is 0.385. The Balaban J connectivity index is 1.97. The molecule has 19 heavy (non-hydrogen) atoms. The van der Waals surface area contributed by atoms with E-state index in [1.54, 1.807) is 22.9 Å². The van der Waals surface area contributed by atoms with E-state index in [-0.39, 0.29) is 5.82 Å². The quantitative estimate of drug-likeness (QED) is 0.879. The number of likely N-dealkylation sites (N-methyl/N-ethyl adjacent to an activating group) is 1. The van der Waals surface area contributed by atoms with Gasteiger partial charge in [0.15, 0.2) is 0 Å². The number of aliphatic hydroxyl groups is 1. The number of benzene rings is 1. The van der Waals surface area contributed by atoms with E-state index in [9.17, 15) is 9.50 Å². The molecule has 0 spiro atoms. The van der Waals surface area contributed by atoms with Crippen molar-refractivity contribution in [3.63, 3.8) is 0 Å². The van der Waals surface area contributed by atoms with E-state index in [1.165, 1.54) is 12.4 Å². The van der Waals surface area contributed by atoms with Crippen molar-refractivity contribution < 1.29 is 9.50 Å². The fourth-order valence-corrected chi connectivity index (χ4v) is 1.91. The van der Waals surface area contributed by atoms with Gasteiger partial charge in [0.2, 0.25) is 0 Å². The van der Waals surface area contributed by atoms with E-state index >= 15 is 0 Å². The number of rotatable bonds is 5. The molecule has 0 saturated heterocycles. The van der Waals surface area contributed by atoms with Crippen LogP contribution in [0.1, 0.15) is 17.5 Å². The van der Waals surface area contributed by atoms with Gasteiger partial charge in [0, 0.05) is 19.2 Å². The summed E-state index contributed by atoms with van der Waals surface area (Å²) < 4.78 is 15.2. The number of hydrogen-bond acceptors (Lipinski definition) is 4. The summed E-state index contributed by atoms with van der Waals surface area (Å²) in [6, 6.07) is 6.26. The first-order valence-corrected chi connectivity index (χ1v) is 6.02. The third kappa shape index (κ3) is 3.36. The minimum Gasteiger partial charge on any atom is -0.387 e. The predicted molar refractivity (Wildman–Crippen MR) is 68.7 cm³/mol. The third-order valence-corrected chi connectivity index (χ3v) is 2.97. The average Bonchev–Trinajstić information content (AvgIpc) is 2.75. The van der Waals surface area contributed by atoms with Crippen LogP contribution < -0.4 is 0 Å². The average molecular weight is 264 g/mol. The molecule has 1 N–H and O–H groups in total. The first kappa shape index (κ1) is 13.6. The maximum atomic E-state index is 13.5. The van der Waals surface area contributed by atoms with Crippen molar-refractivity contribution in [2.75, 3.05) is 13.6 Å². The van der Waals surface area contributed by atoms with E-state index in [0.29, 0.717) is 18.7 Å². The Kier molecular flexibility index (Phi) is 4.24.